The largest absolute Gasteiger partial charge is 0.475 e. The smallest absolute Gasteiger partial charge is 0.297 e. The highest BCUT2D eigenvalue weighted by Gasteiger charge is 2.14. The third-order valence-corrected chi connectivity index (χ3v) is 8.81. The van der Waals surface area contributed by atoms with Gasteiger partial charge in [0.1, 0.15) is 26.5 Å². The van der Waals surface area contributed by atoms with Gasteiger partial charge in [-0.1, -0.05) is 66.3 Å². The molecule has 0 saturated heterocycles. The van der Waals surface area contributed by atoms with Crippen molar-refractivity contribution in [2.75, 3.05) is 64.5 Å². The molecule has 52 heavy (non-hydrogen) atoms. The monoisotopic (exact) mass is 723 g/mol. The van der Waals surface area contributed by atoms with Crippen LogP contribution in [0.2, 0.25) is 0 Å². The molecule has 9 nitrogen and oxygen atoms in total. The zero-order chi connectivity index (χ0) is 37.3. The molecule has 2 heterocycles. The first-order chi connectivity index (χ1) is 25.0. The van der Waals surface area contributed by atoms with Crippen LogP contribution in [0.15, 0.2) is 114 Å². The molecule has 0 aliphatic carbocycles. The SMILES string of the molecule is CN(C)c1ccc(/C=C/c2ccc(OCC[18F])nc2)cc1.Cc1ccc(S(=O)(=O)OCCOc2ccc(/C=C/c3ccc(N(C)C)cc3)cn2)cc1. The van der Waals surface area contributed by atoms with Crippen LogP contribution in [-0.2, 0) is 14.3 Å². The van der Waals surface area contributed by atoms with Gasteiger partial charge in [-0.15, -0.1) is 0 Å². The Balaban J connectivity index is 0.000000251. The lowest BCUT2D eigenvalue weighted by molar-refractivity contribution is 0.216. The van der Waals surface area contributed by atoms with E-state index in [2.05, 4.69) is 68.3 Å². The molecule has 0 fully saturated rings. The van der Waals surface area contributed by atoms with Crippen LogP contribution in [-0.4, -0.2) is 73.1 Å². The van der Waals surface area contributed by atoms with Gasteiger partial charge in [0.25, 0.3) is 10.1 Å². The fourth-order valence-corrected chi connectivity index (χ4v) is 5.40. The van der Waals surface area contributed by atoms with E-state index < -0.39 is 16.8 Å². The summed E-state index contributed by atoms with van der Waals surface area (Å²) in [5, 5.41) is 0. The van der Waals surface area contributed by atoms with E-state index in [4.69, 9.17) is 13.7 Å². The van der Waals surface area contributed by atoms with Crippen LogP contribution in [0, 0.1) is 6.92 Å². The van der Waals surface area contributed by atoms with Crippen molar-refractivity contribution in [2.45, 2.75) is 11.8 Å². The zero-order valence-corrected chi connectivity index (χ0v) is 31.0. The minimum absolute atomic E-state index is 0.0421. The molecule has 0 radical (unpaired) electrons. The molecule has 0 amide bonds. The highest BCUT2D eigenvalue weighted by molar-refractivity contribution is 7.86. The average Bonchev–Trinajstić information content (AvgIpc) is 3.15. The molecule has 0 aliphatic rings. The quantitative estimate of drug-likeness (QED) is 0.0785. The molecule has 0 N–H and O–H groups in total. The number of rotatable bonds is 15. The number of benzene rings is 3. The molecule has 5 rings (SSSR count). The first kappa shape index (κ1) is 39.3. The van der Waals surface area contributed by atoms with Crippen molar-refractivity contribution in [3.8, 4) is 11.8 Å². The fraction of sp³-hybridized carbons (Fsp3) is 0.220. The number of ether oxygens (including phenoxy) is 2. The van der Waals surface area contributed by atoms with Crippen molar-refractivity contribution in [2.24, 2.45) is 0 Å². The zero-order valence-electron chi connectivity index (χ0n) is 30.1. The van der Waals surface area contributed by atoms with Crippen LogP contribution >= 0.6 is 0 Å². The fourth-order valence-electron chi connectivity index (χ4n) is 4.51. The Bertz CT molecular complexity index is 1960. The maximum atomic E-state index is 12.1. The summed E-state index contributed by atoms with van der Waals surface area (Å²) in [5.74, 6) is 0.851. The lowest BCUT2D eigenvalue weighted by atomic mass is 10.1. The van der Waals surface area contributed by atoms with Crippen molar-refractivity contribution in [1.29, 1.82) is 0 Å². The summed E-state index contributed by atoms with van der Waals surface area (Å²) in [6, 6.07) is 30.3. The van der Waals surface area contributed by atoms with E-state index >= 15 is 0 Å². The Morgan fingerprint density at radius 3 is 1.40 bits per heavy atom. The standard InChI is InChI=1S/C24H26N2O4S.C17H19FN2O/c1-19-4-13-23(14-5-19)31(27,28)30-17-16-29-24-15-10-21(18-25-24)7-6-20-8-11-22(12-9-20)26(2)3;1-20(2)16-8-5-14(6-9-16)3-4-15-7-10-17(19-13-15)21-12-11-18/h4-15,18H,16-17H2,1-3H3;3-10,13H,11-12H2,1-2H3/b7-6+;4-3+/i;18-1. The summed E-state index contributed by atoms with van der Waals surface area (Å²) < 4.78 is 51.8. The van der Waals surface area contributed by atoms with Crippen LogP contribution in [0.1, 0.15) is 27.8 Å². The Hall–Kier alpha value is -5.52. The Morgan fingerprint density at radius 1 is 0.577 bits per heavy atom. The van der Waals surface area contributed by atoms with Gasteiger partial charge >= 0.3 is 0 Å². The van der Waals surface area contributed by atoms with Gasteiger partial charge in [0, 0.05) is 64.1 Å². The molecule has 272 valence electrons. The second-order valence-corrected chi connectivity index (χ2v) is 13.6. The van der Waals surface area contributed by atoms with Crippen LogP contribution in [0.5, 0.6) is 11.8 Å². The Labute approximate surface area is 306 Å². The van der Waals surface area contributed by atoms with Gasteiger partial charge in [-0.25, -0.2) is 14.4 Å². The summed E-state index contributed by atoms with van der Waals surface area (Å²) in [5.41, 5.74) is 7.42. The van der Waals surface area contributed by atoms with Gasteiger partial charge in [0.05, 0.1) is 4.90 Å². The van der Waals surface area contributed by atoms with Gasteiger partial charge in [-0.3, -0.25) is 4.18 Å². The summed E-state index contributed by atoms with van der Waals surface area (Å²) in [6.45, 7) is 1.41. The molecule has 3 aromatic carbocycles. The summed E-state index contributed by atoms with van der Waals surface area (Å²) in [7, 11) is 4.26. The third kappa shape index (κ3) is 13.0. The molecule has 2 aromatic heterocycles. The van der Waals surface area contributed by atoms with E-state index in [1.807, 2.05) is 71.6 Å². The molecule has 5 aromatic rings. The predicted molar refractivity (Wildman–Crippen MR) is 209 cm³/mol. The van der Waals surface area contributed by atoms with Crippen molar-refractivity contribution < 1.29 is 26.5 Å². The normalized spacial score (nSPS) is 11.3. The average molecular weight is 724 g/mol. The van der Waals surface area contributed by atoms with Gasteiger partial charge in [0.15, 0.2) is 0 Å². The highest BCUT2D eigenvalue weighted by atomic mass is 32.2. The molecule has 0 aliphatic heterocycles. The number of nitrogens with zero attached hydrogens (tertiary/aromatic N) is 4. The topological polar surface area (TPSA) is 94.1 Å². The van der Waals surface area contributed by atoms with E-state index in [1.165, 1.54) is 17.8 Å². The van der Waals surface area contributed by atoms with Crippen molar-refractivity contribution in [1.82, 2.24) is 9.97 Å². The van der Waals surface area contributed by atoms with Gasteiger partial charge in [0.2, 0.25) is 11.8 Å². The second kappa shape index (κ2) is 19.8. The molecule has 0 bridgehead atoms. The minimum Gasteiger partial charge on any atom is -0.475 e. The van der Waals surface area contributed by atoms with Crippen LogP contribution in [0.25, 0.3) is 24.3 Å². The lowest BCUT2D eigenvalue weighted by Gasteiger charge is -2.11. The second-order valence-electron chi connectivity index (χ2n) is 12.0. The van der Waals surface area contributed by atoms with Gasteiger partial charge in [-0.05, 0) is 77.7 Å². The predicted octanol–water partition coefficient (Wildman–Crippen LogP) is 8.08. The number of hydrogen-bond acceptors (Lipinski definition) is 9. The highest BCUT2D eigenvalue weighted by Crippen LogP contribution is 2.18. The van der Waals surface area contributed by atoms with E-state index in [0.717, 1.165) is 33.5 Å². The van der Waals surface area contributed by atoms with Crippen molar-refractivity contribution in [3.63, 3.8) is 0 Å². The number of pyridine rings is 2. The van der Waals surface area contributed by atoms with E-state index in [1.54, 1.807) is 36.7 Å². The number of halogens is 1. The molecular formula is C41H45FN4O5S. The van der Waals surface area contributed by atoms with E-state index in [-0.39, 0.29) is 24.7 Å². The number of aryl methyl sites for hydroxylation is 1. The van der Waals surface area contributed by atoms with Crippen LogP contribution < -0.4 is 19.3 Å². The number of alkyl halides is 1. The number of aromatic nitrogens is 2. The molecule has 0 saturated carbocycles. The Morgan fingerprint density at radius 2 is 1.00 bits per heavy atom. The van der Waals surface area contributed by atoms with Gasteiger partial charge < -0.3 is 19.3 Å². The van der Waals surface area contributed by atoms with Crippen LogP contribution in [0.4, 0.5) is 15.8 Å². The van der Waals surface area contributed by atoms with Crippen LogP contribution in [0.3, 0.4) is 0 Å². The number of anilines is 2. The molecule has 0 unspecified atom stereocenters. The minimum atomic E-state index is -3.79. The maximum Gasteiger partial charge on any atom is 0.297 e. The molecule has 0 spiro atoms. The lowest BCUT2D eigenvalue weighted by Crippen LogP contribution is -2.13. The number of hydrogen-bond donors (Lipinski definition) is 0. The maximum absolute atomic E-state index is 12.1. The summed E-state index contributed by atoms with van der Waals surface area (Å²) in [4.78, 5) is 12.6. The van der Waals surface area contributed by atoms with E-state index in [9.17, 15) is 12.8 Å². The summed E-state index contributed by atoms with van der Waals surface area (Å²) >= 11 is 0. The first-order valence-electron chi connectivity index (χ1n) is 16.6. The molecular weight excluding hydrogens is 679 g/mol. The molecule has 0 atom stereocenters. The first-order valence-corrected chi connectivity index (χ1v) is 18.0. The van der Waals surface area contributed by atoms with Gasteiger partial charge in [-0.2, -0.15) is 8.42 Å². The Kier molecular flexibility index (Phi) is 14.9. The molecule has 11 heteroatoms. The third-order valence-electron chi connectivity index (χ3n) is 7.48. The van der Waals surface area contributed by atoms with Crippen molar-refractivity contribution in [3.05, 3.63) is 137 Å². The van der Waals surface area contributed by atoms with Crippen molar-refractivity contribution >= 4 is 45.8 Å². The summed E-state index contributed by atoms with van der Waals surface area (Å²) in [6.07, 6.45) is 11.4. The van der Waals surface area contributed by atoms with E-state index in [0.29, 0.717) is 11.8 Å².